The first-order valence-electron chi connectivity index (χ1n) is 6.03. The molecule has 0 aliphatic rings. The maximum Gasteiger partial charge on any atom is 0.319 e. The molecule has 0 heterocycles. The number of carbonyl (C=O) groups is 2. The lowest BCUT2D eigenvalue weighted by atomic mass is 10.1. The molecule has 1 unspecified atom stereocenters. The van der Waals surface area contributed by atoms with Crippen molar-refractivity contribution in [1.82, 2.24) is 10.2 Å². The number of hydrogen-bond acceptors (Lipinski definition) is 4. The van der Waals surface area contributed by atoms with Crippen molar-refractivity contribution in [2.45, 2.75) is 45.7 Å². The van der Waals surface area contributed by atoms with E-state index in [0.29, 0.717) is 0 Å². The van der Waals surface area contributed by atoms with E-state index in [1.54, 1.807) is 18.9 Å². The molecule has 0 aliphatic heterocycles. The number of carbonyl (C=O) groups excluding carboxylic acids is 2. The molecular formula is C12H24N2O3. The highest BCUT2D eigenvalue weighted by atomic mass is 16.5. The van der Waals surface area contributed by atoms with E-state index in [1.165, 1.54) is 7.11 Å². The first-order chi connectivity index (χ1) is 7.96. The number of nitrogens with one attached hydrogen (secondary N) is 1. The minimum atomic E-state index is -0.338. The Morgan fingerprint density at radius 1 is 1.29 bits per heavy atom. The van der Waals surface area contributed by atoms with Crippen molar-refractivity contribution in [2.75, 3.05) is 20.7 Å². The summed E-state index contributed by atoms with van der Waals surface area (Å²) in [4.78, 5) is 24.6. The molecule has 0 fully saturated rings. The van der Waals surface area contributed by atoms with Gasteiger partial charge in [-0.3, -0.25) is 14.5 Å². The van der Waals surface area contributed by atoms with Crippen molar-refractivity contribution in [1.29, 1.82) is 0 Å². The van der Waals surface area contributed by atoms with Crippen LogP contribution in [0.1, 0.15) is 33.6 Å². The van der Waals surface area contributed by atoms with Gasteiger partial charge in [-0.05, 0) is 26.8 Å². The van der Waals surface area contributed by atoms with E-state index in [9.17, 15) is 9.59 Å². The van der Waals surface area contributed by atoms with E-state index in [1.807, 2.05) is 13.8 Å². The van der Waals surface area contributed by atoms with Gasteiger partial charge in [0.2, 0.25) is 5.91 Å². The Morgan fingerprint density at radius 3 is 2.24 bits per heavy atom. The van der Waals surface area contributed by atoms with Gasteiger partial charge in [-0.15, -0.1) is 0 Å². The molecule has 5 heteroatoms. The third-order valence-electron chi connectivity index (χ3n) is 2.98. The summed E-state index contributed by atoms with van der Waals surface area (Å²) in [6.45, 7) is 5.98. The van der Waals surface area contributed by atoms with Gasteiger partial charge in [-0.25, -0.2) is 0 Å². The summed E-state index contributed by atoms with van der Waals surface area (Å²) in [5.74, 6) is -0.389. The average Bonchev–Trinajstić information content (AvgIpc) is 2.34. The van der Waals surface area contributed by atoms with Gasteiger partial charge in [0.15, 0.2) is 0 Å². The van der Waals surface area contributed by atoms with Crippen LogP contribution in [-0.4, -0.2) is 49.6 Å². The topological polar surface area (TPSA) is 58.6 Å². The summed E-state index contributed by atoms with van der Waals surface area (Å²) in [5, 5.41) is 2.96. The van der Waals surface area contributed by atoms with Crippen molar-refractivity contribution in [3.05, 3.63) is 0 Å². The van der Waals surface area contributed by atoms with Crippen molar-refractivity contribution >= 4 is 11.9 Å². The zero-order chi connectivity index (χ0) is 13.4. The van der Waals surface area contributed by atoms with Crippen molar-refractivity contribution in [3.8, 4) is 0 Å². The molecule has 0 rings (SSSR count). The highest BCUT2D eigenvalue weighted by Gasteiger charge is 2.21. The minimum Gasteiger partial charge on any atom is -0.468 e. The van der Waals surface area contributed by atoms with Crippen LogP contribution in [0.3, 0.4) is 0 Å². The Hall–Kier alpha value is -1.10. The van der Waals surface area contributed by atoms with Crippen molar-refractivity contribution < 1.29 is 14.3 Å². The lowest BCUT2D eigenvalue weighted by Gasteiger charge is -2.25. The van der Waals surface area contributed by atoms with Gasteiger partial charge in [0.25, 0.3) is 0 Å². The Morgan fingerprint density at radius 2 is 1.82 bits per heavy atom. The molecule has 0 radical (unpaired) electrons. The average molecular weight is 244 g/mol. The molecule has 0 aliphatic carbocycles. The van der Waals surface area contributed by atoms with E-state index in [2.05, 4.69) is 10.1 Å². The second kappa shape index (κ2) is 8.06. The molecule has 0 saturated heterocycles. The van der Waals surface area contributed by atoms with Crippen molar-refractivity contribution in [2.24, 2.45) is 0 Å². The molecule has 5 nitrogen and oxygen atoms in total. The van der Waals surface area contributed by atoms with Crippen LogP contribution >= 0.6 is 0 Å². The smallest absolute Gasteiger partial charge is 0.319 e. The molecule has 100 valence electrons. The van der Waals surface area contributed by atoms with E-state index in [0.717, 1.165) is 12.8 Å². The Kier molecular flexibility index (Phi) is 7.54. The van der Waals surface area contributed by atoms with Gasteiger partial charge in [0.05, 0.1) is 19.7 Å². The summed E-state index contributed by atoms with van der Waals surface area (Å²) in [7, 11) is 3.07. The van der Waals surface area contributed by atoms with Gasteiger partial charge < -0.3 is 10.1 Å². The number of methoxy groups -OCH3 is 1. The van der Waals surface area contributed by atoms with Crippen molar-refractivity contribution in [3.63, 3.8) is 0 Å². The molecule has 17 heavy (non-hydrogen) atoms. The molecule has 0 aromatic carbocycles. The summed E-state index contributed by atoms with van der Waals surface area (Å²) in [6.07, 6.45) is 1.82. The van der Waals surface area contributed by atoms with E-state index in [-0.39, 0.29) is 30.5 Å². The normalized spacial score (nSPS) is 12.6. The predicted octanol–water partition coefficient (Wildman–Crippen LogP) is 0.785. The van der Waals surface area contributed by atoms with Crippen LogP contribution in [0.15, 0.2) is 0 Å². The molecular weight excluding hydrogens is 220 g/mol. The molecule has 0 aromatic heterocycles. The van der Waals surface area contributed by atoms with E-state index < -0.39 is 0 Å². The van der Waals surface area contributed by atoms with Crippen LogP contribution in [0.2, 0.25) is 0 Å². The highest BCUT2D eigenvalue weighted by Crippen LogP contribution is 2.01. The number of rotatable bonds is 7. The quantitative estimate of drug-likeness (QED) is 0.673. The molecule has 1 N–H and O–H groups in total. The molecule has 0 bridgehead atoms. The third kappa shape index (κ3) is 5.68. The fourth-order valence-electron chi connectivity index (χ4n) is 1.42. The Balaban J connectivity index is 4.24. The number of hydrogen-bond donors (Lipinski definition) is 1. The van der Waals surface area contributed by atoms with Gasteiger partial charge in [-0.2, -0.15) is 0 Å². The Labute approximate surface area is 103 Å². The predicted molar refractivity (Wildman–Crippen MR) is 66.6 cm³/mol. The van der Waals surface area contributed by atoms with Gasteiger partial charge in [0, 0.05) is 6.04 Å². The lowest BCUT2D eigenvalue weighted by molar-refractivity contribution is -0.142. The van der Waals surface area contributed by atoms with Crippen LogP contribution in [0.4, 0.5) is 0 Å². The standard InChI is InChI=1S/C12H24N2O3/c1-6-10(7-2)13-12(16)9(3)14(4)8-11(15)17-5/h9-10H,6-8H2,1-5H3,(H,13,16). The number of likely N-dealkylation sites (N-methyl/N-ethyl adjacent to an activating group) is 1. The highest BCUT2D eigenvalue weighted by molar-refractivity contribution is 5.82. The first kappa shape index (κ1) is 15.9. The maximum atomic E-state index is 11.9. The zero-order valence-electron chi connectivity index (χ0n) is 11.4. The molecule has 0 spiro atoms. The number of ether oxygens (including phenoxy) is 1. The minimum absolute atomic E-state index is 0.0508. The zero-order valence-corrected chi connectivity index (χ0v) is 11.4. The third-order valence-corrected chi connectivity index (χ3v) is 2.98. The van der Waals surface area contributed by atoms with Crippen LogP contribution in [-0.2, 0) is 14.3 Å². The monoisotopic (exact) mass is 244 g/mol. The molecule has 1 amide bonds. The largest absolute Gasteiger partial charge is 0.468 e. The van der Waals surface area contributed by atoms with Crippen LogP contribution in [0.25, 0.3) is 0 Å². The van der Waals surface area contributed by atoms with Gasteiger partial charge in [-0.1, -0.05) is 13.8 Å². The fraction of sp³-hybridized carbons (Fsp3) is 0.833. The Bertz CT molecular complexity index is 252. The number of nitrogens with zero attached hydrogens (tertiary/aromatic N) is 1. The molecule has 0 saturated carbocycles. The number of amides is 1. The summed E-state index contributed by atoms with van der Waals surface area (Å²) in [6, 6.07) is -0.133. The lowest BCUT2D eigenvalue weighted by Crippen LogP contribution is -2.48. The van der Waals surface area contributed by atoms with Gasteiger partial charge >= 0.3 is 5.97 Å². The van der Waals surface area contributed by atoms with Crippen LogP contribution < -0.4 is 5.32 Å². The van der Waals surface area contributed by atoms with Crippen LogP contribution in [0.5, 0.6) is 0 Å². The summed E-state index contributed by atoms with van der Waals surface area (Å²) < 4.78 is 4.56. The van der Waals surface area contributed by atoms with Gasteiger partial charge in [0.1, 0.15) is 0 Å². The van der Waals surface area contributed by atoms with E-state index in [4.69, 9.17) is 0 Å². The second-order valence-electron chi connectivity index (χ2n) is 4.19. The SMILES string of the molecule is CCC(CC)NC(=O)C(C)N(C)CC(=O)OC. The maximum absolute atomic E-state index is 11.9. The summed E-state index contributed by atoms with van der Waals surface area (Å²) in [5.41, 5.74) is 0. The second-order valence-corrected chi connectivity index (χ2v) is 4.19. The number of esters is 1. The first-order valence-corrected chi connectivity index (χ1v) is 6.03. The van der Waals surface area contributed by atoms with E-state index >= 15 is 0 Å². The van der Waals surface area contributed by atoms with Crippen LogP contribution in [0, 0.1) is 0 Å². The molecule has 0 aromatic rings. The fourth-order valence-corrected chi connectivity index (χ4v) is 1.42. The summed E-state index contributed by atoms with van der Waals surface area (Å²) >= 11 is 0. The molecule has 1 atom stereocenters.